The van der Waals surface area contributed by atoms with Gasteiger partial charge in [-0.2, -0.15) is 0 Å². The quantitative estimate of drug-likeness (QED) is 0.629. The molecule has 1 N–H and O–H groups in total. The standard InChI is InChI=1S/C13H18N2O2/c1-9-3-6-13(15(16)17)11(7-9)8-12(14-2)10-4-5-10/h3,6-7,10,12,14H,4-5,8H2,1-2H3. The molecule has 2 rings (SSSR count). The minimum Gasteiger partial charge on any atom is -0.316 e. The Bertz CT molecular complexity index is 427. The number of hydrogen-bond donors (Lipinski definition) is 1. The van der Waals surface area contributed by atoms with E-state index in [-0.39, 0.29) is 10.6 Å². The Balaban J connectivity index is 2.22. The van der Waals surface area contributed by atoms with Crippen LogP contribution in [0.25, 0.3) is 0 Å². The van der Waals surface area contributed by atoms with E-state index < -0.39 is 0 Å². The summed E-state index contributed by atoms with van der Waals surface area (Å²) >= 11 is 0. The molecule has 1 atom stereocenters. The molecule has 17 heavy (non-hydrogen) atoms. The third-order valence-corrected chi connectivity index (χ3v) is 3.43. The van der Waals surface area contributed by atoms with Gasteiger partial charge in [-0.25, -0.2) is 0 Å². The Hall–Kier alpha value is -1.42. The van der Waals surface area contributed by atoms with Gasteiger partial charge in [-0.1, -0.05) is 11.6 Å². The molecule has 1 aromatic rings. The van der Waals surface area contributed by atoms with Crippen LogP contribution in [0.3, 0.4) is 0 Å². The van der Waals surface area contributed by atoms with Crippen LogP contribution in [0.5, 0.6) is 0 Å². The summed E-state index contributed by atoms with van der Waals surface area (Å²) in [5, 5.41) is 14.2. The minimum absolute atomic E-state index is 0.247. The van der Waals surface area contributed by atoms with Crippen LogP contribution in [-0.2, 0) is 6.42 Å². The van der Waals surface area contributed by atoms with Gasteiger partial charge in [-0.15, -0.1) is 0 Å². The van der Waals surface area contributed by atoms with Gasteiger partial charge in [0.1, 0.15) is 0 Å². The van der Waals surface area contributed by atoms with Gasteiger partial charge in [0, 0.05) is 17.7 Å². The van der Waals surface area contributed by atoms with Crippen LogP contribution in [0.4, 0.5) is 5.69 Å². The zero-order chi connectivity index (χ0) is 12.4. The average Bonchev–Trinajstić information content (AvgIpc) is 3.09. The van der Waals surface area contributed by atoms with E-state index >= 15 is 0 Å². The van der Waals surface area contributed by atoms with Gasteiger partial charge in [0.25, 0.3) is 5.69 Å². The molecule has 0 aliphatic heterocycles. The van der Waals surface area contributed by atoms with Crippen molar-refractivity contribution in [2.45, 2.75) is 32.2 Å². The largest absolute Gasteiger partial charge is 0.316 e. The highest BCUT2D eigenvalue weighted by Gasteiger charge is 2.31. The van der Waals surface area contributed by atoms with Gasteiger partial charge in [-0.3, -0.25) is 10.1 Å². The number of aryl methyl sites for hydroxylation is 1. The summed E-state index contributed by atoms with van der Waals surface area (Å²) in [5.41, 5.74) is 2.18. The number of nitro groups is 1. The van der Waals surface area contributed by atoms with Crippen molar-refractivity contribution in [3.8, 4) is 0 Å². The molecule has 0 amide bonds. The molecule has 0 heterocycles. The van der Waals surface area contributed by atoms with E-state index in [1.807, 2.05) is 20.0 Å². The van der Waals surface area contributed by atoms with Crippen LogP contribution in [0.1, 0.15) is 24.0 Å². The predicted octanol–water partition coefficient (Wildman–Crippen LogP) is 2.44. The Morgan fingerprint density at radius 1 is 1.53 bits per heavy atom. The van der Waals surface area contributed by atoms with Crippen molar-refractivity contribution in [3.63, 3.8) is 0 Å². The molecule has 0 saturated heterocycles. The maximum absolute atomic E-state index is 11.0. The number of benzene rings is 1. The summed E-state index contributed by atoms with van der Waals surface area (Å²) in [6.45, 7) is 1.97. The molecule has 1 saturated carbocycles. The second kappa shape index (κ2) is 4.84. The van der Waals surface area contributed by atoms with Crippen molar-refractivity contribution in [2.24, 2.45) is 5.92 Å². The van der Waals surface area contributed by atoms with Gasteiger partial charge in [0.2, 0.25) is 0 Å². The second-order valence-electron chi connectivity index (χ2n) is 4.83. The molecule has 1 aliphatic rings. The lowest BCUT2D eigenvalue weighted by molar-refractivity contribution is -0.385. The SMILES string of the molecule is CNC(Cc1cc(C)ccc1[N+](=O)[O-])C1CC1. The maximum atomic E-state index is 11.0. The topological polar surface area (TPSA) is 55.2 Å². The first-order valence-electron chi connectivity index (χ1n) is 6.03. The summed E-state index contributed by atoms with van der Waals surface area (Å²) < 4.78 is 0. The third-order valence-electron chi connectivity index (χ3n) is 3.43. The highest BCUT2D eigenvalue weighted by Crippen LogP contribution is 2.35. The third kappa shape index (κ3) is 2.82. The molecule has 0 bridgehead atoms. The highest BCUT2D eigenvalue weighted by atomic mass is 16.6. The number of hydrogen-bond acceptors (Lipinski definition) is 3. The van der Waals surface area contributed by atoms with Crippen molar-refractivity contribution in [1.29, 1.82) is 0 Å². The number of nitrogens with one attached hydrogen (secondary N) is 1. The lowest BCUT2D eigenvalue weighted by Gasteiger charge is -2.15. The van der Waals surface area contributed by atoms with Gasteiger partial charge >= 0.3 is 0 Å². The van der Waals surface area contributed by atoms with Gasteiger partial charge in [0.15, 0.2) is 0 Å². The molecule has 92 valence electrons. The monoisotopic (exact) mass is 234 g/mol. The van der Waals surface area contributed by atoms with Crippen molar-refractivity contribution in [1.82, 2.24) is 5.32 Å². The fraction of sp³-hybridized carbons (Fsp3) is 0.538. The normalized spacial score (nSPS) is 16.8. The Labute approximate surface area is 101 Å². The van der Waals surface area contributed by atoms with Crippen LogP contribution in [0.2, 0.25) is 0 Å². The maximum Gasteiger partial charge on any atom is 0.272 e. The highest BCUT2D eigenvalue weighted by molar-refractivity contribution is 5.43. The number of nitro benzene ring substituents is 1. The molecule has 4 nitrogen and oxygen atoms in total. The van der Waals surface area contributed by atoms with Crippen molar-refractivity contribution in [3.05, 3.63) is 39.4 Å². The van der Waals surface area contributed by atoms with Gasteiger partial charge in [-0.05, 0) is 45.2 Å². The summed E-state index contributed by atoms with van der Waals surface area (Å²) in [6, 6.07) is 5.72. The number of likely N-dealkylation sites (N-methyl/N-ethyl adjacent to an activating group) is 1. The Kier molecular flexibility index (Phi) is 3.43. The first-order chi connectivity index (χ1) is 8.11. The second-order valence-corrected chi connectivity index (χ2v) is 4.83. The zero-order valence-electron chi connectivity index (χ0n) is 10.3. The van der Waals surface area contributed by atoms with Crippen LogP contribution >= 0.6 is 0 Å². The van der Waals surface area contributed by atoms with Crippen LogP contribution < -0.4 is 5.32 Å². The molecular weight excluding hydrogens is 216 g/mol. The molecule has 1 fully saturated rings. The molecule has 1 unspecified atom stereocenters. The first kappa shape index (κ1) is 12.0. The van der Waals surface area contributed by atoms with Crippen molar-refractivity contribution in [2.75, 3.05) is 7.05 Å². The van der Waals surface area contributed by atoms with E-state index in [0.29, 0.717) is 12.0 Å². The molecule has 1 aliphatic carbocycles. The summed E-state index contributed by atoms with van der Waals surface area (Å²) in [6.07, 6.45) is 3.23. The smallest absolute Gasteiger partial charge is 0.272 e. The molecule has 0 aromatic heterocycles. The predicted molar refractivity (Wildman–Crippen MR) is 67.1 cm³/mol. The van der Waals surface area contributed by atoms with Gasteiger partial charge < -0.3 is 5.32 Å². The molecule has 4 heteroatoms. The van der Waals surface area contributed by atoms with Crippen molar-refractivity contribution >= 4 is 5.69 Å². The van der Waals surface area contributed by atoms with Gasteiger partial charge in [0.05, 0.1) is 4.92 Å². The lowest BCUT2D eigenvalue weighted by atomic mass is 9.99. The van der Waals surface area contributed by atoms with E-state index in [1.165, 1.54) is 12.8 Å². The Morgan fingerprint density at radius 3 is 2.76 bits per heavy atom. The first-order valence-corrected chi connectivity index (χ1v) is 6.03. The summed E-state index contributed by atoms with van der Waals surface area (Å²) in [7, 11) is 1.94. The fourth-order valence-corrected chi connectivity index (χ4v) is 2.30. The van der Waals surface area contributed by atoms with Crippen molar-refractivity contribution < 1.29 is 4.92 Å². The van der Waals surface area contributed by atoms with E-state index in [0.717, 1.165) is 17.5 Å². The van der Waals surface area contributed by atoms with E-state index in [4.69, 9.17) is 0 Å². The molecular formula is C13H18N2O2. The van der Waals surface area contributed by atoms with E-state index in [2.05, 4.69) is 5.32 Å². The Morgan fingerprint density at radius 2 is 2.24 bits per heavy atom. The van der Waals surface area contributed by atoms with Crippen LogP contribution in [-0.4, -0.2) is 18.0 Å². The van der Waals surface area contributed by atoms with E-state index in [1.54, 1.807) is 12.1 Å². The summed E-state index contributed by atoms with van der Waals surface area (Å²) in [4.78, 5) is 10.7. The minimum atomic E-state index is -0.283. The lowest BCUT2D eigenvalue weighted by Crippen LogP contribution is -2.29. The van der Waals surface area contributed by atoms with Crippen LogP contribution in [0, 0.1) is 23.0 Å². The summed E-state index contributed by atoms with van der Waals surface area (Å²) in [5.74, 6) is 0.695. The fourth-order valence-electron chi connectivity index (χ4n) is 2.30. The number of nitrogens with zero attached hydrogens (tertiary/aromatic N) is 1. The van der Waals surface area contributed by atoms with E-state index in [9.17, 15) is 10.1 Å². The number of rotatable bonds is 5. The molecule has 0 spiro atoms. The molecule has 1 aromatic carbocycles. The van der Waals surface area contributed by atoms with Crippen LogP contribution in [0.15, 0.2) is 18.2 Å². The molecule has 0 radical (unpaired) electrons. The zero-order valence-corrected chi connectivity index (χ0v) is 10.3. The average molecular weight is 234 g/mol.